The molecule has 1 atom stereocenters. The van der Waals surface area contributed by atoms with Gasteiger partial charge in [0, 0.05) is 30.2 Å². The second-order valence-electron chi connectivity index (χ2n) is 4.16. The second-order valence-corrected chi connectivity index (χ2v) is 6.07. The standard InChI is InChI=1S/C12H10ClF2NO2S/c1-6(17)19-8-4-11(18)16(5-8)12-9(14)2-7(13)3-10(12)15/h2-3,8H,4-5H2,1H3. The summed E-state index contributed by atoms with van der Waals surface area (Å²) in [5.41, 5.74) is -0.402. The summed E-state index contributed by atoms with van der Waals surface area (Å²) in [6.45, 7) is 1.50. The predicted octanol–water partition coefficient (Wildman–Crippen LogP) is 3.00. The van der Waals surface area contributed by atoms with Crippen LogP contribution in [-0.4, -0.2) is 22.8 Å². The second kappa shape index (κ2) is 5.46. The maximum Gasteiger partial charge on any atom is 0.228 e. The first-order valence-corrected chi connectivity index (χ1v) is 6.76. The Bertz CT molecular complexity index is 530. The van der Waals surface area contributed by atoms with Gasteiger partial charge in [0.2, 0.25) is 5.91 Å². The summed E-state index contributed by atoms with van der Waals surface area (Å²) in [7, 11) is 0. The van der Waals surface area contributed by atoms with Gasteiger partial charge in [-0.05, 0) is 12.1 Å². The van der Waals surface area contributed by atoms with Gasteiger partial charge in [-0.1, -0.05) is 23.4 Å². The highest BCUT2D eigenvalue weighted by molar-refractivity contribution is 8.14. The summed E-state index contributed by atoms with van der Waals surface area (Å²) in [6.07, 6.45) is 0.0890. The number of amides is 1. The number of halogens is 3. The first-order chi connectivity index (χ1) is 8.88. The zero-order chi connectivity index (χ0) is 14.2. The van der Waals surface area contributed by atoms with Crippen molar-refractivity contribution in [3.8, 4) is 0 Å². The molecule has 0 spiro atoms. The van der Waals surface area contributed by atoms with Gasteiger partial charge in [0.15, 0.2) is 16.7 Å². The molecule has 1 aliphatic heterocycles. The SMILES string of the molecule is CC(=O)SC1CC(=O)N(c2c(F)cc(Cl)cc2F)C1. The number of anilines is 1. The molecule has 0 aliphatic carbocycles. The van der Waals surface area contributed by atoms with Gasteiger partial charge in [0.05, 0.1) is 0 Å². The normalized spacial score (nSPS) is 19.1. The molecule has 1 unspecified atom stereocenters. The number of hydrogen-bond donors (Lipinski definition) is 0. The Hall–Kier alpha value is -1.14. The van der Waals surface area contributed by atoms with Gasteiger partial charge in [-0.2, -0.15) is 0 Å². The monoisotopic (exact) mass is 305 g/mol. The fourth-order valence-corrected chi connectivity index (χ4v) is 3.11. The molecule has 1 amide bonds. The fourth-order valence-electron chi connectivity index (χ4n) is 2.00. The quantitative estimate of drug-likeness (QED) is 0.843. The van der Waals surface area contributed by atoms with Crippen molar-refractivity contribution in [1.29, 1.82) is 0 Å². The van der Waals surface area contributed by atoms with Crippen LogP contribution in [0.2, 0.25) is 5.02 Å². The first kappa shape index (κ1) is 14.3. The summed E-state index contributed by atoms with van der Waals surface area (Å²) >= 11 is 6.54. The van der Waals surface area contributed by atoms with Crippen LogP contribution in [0.1, 0.15) is 13.3 Å². The van der Waals surface area contributed by atoms with Crippen LogP contribution >= 0.6 is 23.4 Å². The molecule has 1 saturated heterocycles. The number of benzene rings is 1. The van der Waals surface area contributed by atoms with E-state index in [0.717, 1.165) is 28.8 Å². The van der Waals surface area contributed by atoms with Crippen molar-refractivity contribution in [2.24, 2.45) is 0 Å². The van der Waals surface area contributed by atoms with Crippen molar-refractivity contribution < 1.29 is 18.4 Å². The van der Waals surface area contributed by atoms with E-state index >= 15 is 0 Å². The van der Waals surface area contributed by atoms with Gasteiger partial charge in [-0.25, -0.2) is 8.78 Å². The molecule has 19 heavy (non-hydrogen) atoms. The third-order valence-electron chi connectivity index (χ3n) is 2.67. The Morgan fingerprint density at radius 3 is 2.53 bits per heavy atom. The van der Waals surface area contributed by atoms with Crippen molar-refractivity contribution in [2.45, 2.75) is 18.6 Å². The molecule has 0 bridgehead atoms. The lowest BCUT2D eigenvalue weighted by Crippen LogP contribution is -2.27. The van der Waals surface area contributed by atoms with Gasteiger partial charge < -0.3 is 4.90 Å². The number of carbonyl (C=O) groups is 2. The zero-order valence-corrected chi connectivity index (χ0v) is 11.5. The Kier molecular flexibility index (Phi) is 4.10. The van der Waals surface area contributed by atoms with Crippen LogP contribution in [0.15, 0.2) is 12.1 Å². The Morgan fingerprint density at radius 1 is 1.42 bits per heavy atom. The Morgan fingerprint density at radius 2 is 2.00 bits per heavy atom. The highest BCUT2D eigenvalue weighted by Crippen LogP contribution is 2.33. The lowest BCUT2D eigenvalue weighted by Gasteiger charge is -2.18. The van der Waals surface area contributed by atoms with Crippen LogP contribution in [0.25, 0.3) is 0 Å². The minimum atomic E-state index is -0.883. The van der Waals surface area contributed by atoms with Crippen molar-refractivity contribution in [1.82, 2.24) is 0 Å². The predicted molar refractivity (Wildman–Crippen MR) is 70.4 cm³/mol. The number of nitrogens with zero attached hydrogens (tertiary/aromatic N) is 1. The van der Waals surface area contributed by atoms with Gasteiger partial charge >= 0.3 is 0 Å². The molecule has 0 aromatic heterocycles. The first-order valence-electron chi connectivity index (χ1n) is 5.50. The van der Waals surface area contributed by atoms with E-state index in [-0.39, 0.29) is 28.4 Å². The van der Waals surface area contributed by atoms with Crippen molar-refractivity contribution in [2.75, 3.05) is 11.4 Å². The number of rotatable bonds is 2. The third kappa shape index (κ3) is 3.06. The number of hydrogen-bond acceptors (Lipinski definition) is 3. The Balaban J connectivity index is 2.28. The van der Waals surface area contributed by atoms with E-state index in [9.17, 15) is 18.4 Å². The van der Waals surface area contributed by atoms with Crippen LogP contribution < -0.4 is 4.90 Å². The average molecular weight is 306 g/mol. The highest BCUT2D eigenvalue weighted by Gasteiger charge is 2.34. The molecule has 102 valence electrons. The molecular weight excluding hydrogens is 296 g/mol. The van der Waals surface area contributed by atoms with E-state index in [1.54, 1.807) is 0 Å². The molecule has 0 radical (unpaired) electrons. The van der Waals surface area contributed by atoms with E-state index < -0.39 is 23.2 Å². The lowest BCUT2D eigenvalue weighted by molar-refractivity contribution is -0.117. The minimum absolute atomic E-state index is 0.0694. The van der Waals surface area contributed by atoms with Crippen LogP contribution in [0.5, 0.6) is 0 Å². The van der Waals surface area contributed by atoms with Crippen LogP contribution in [0.4, 0.5) is 14.5 Å². The summed E-state index contributed by atoms with van der Waals surface area (Å²) in [5, 5.41) is -0.476. The molecule has 1 aliphatic rings. The molecule has 0 N–H and O–H groups in total. The van der Waals surface area contributed by atoms with Gasteiger partial charge in [-0.15, -0.1) is 0 Å². The summed E-state index contributed by atoms with van der Waals surface area (Å²) < 4.78 is 27.5. The summed E-state index contributed by atoms with van der Waals surface area (Å²) in [4.78, 5) is 23.8. The molecule has 3 nitrogen and oxygen atoms in total. The average Bonchev–Trinajstić information content (AvgIpc) is 2.57. The topological polar surface area (TPSA) is 37.4 Å². The minimum Gasteiger partial charge on any atom is -0.306 e. The van der Waals surface area contributed by atoms with Crippen LogP contribution in [0.3, 0.4) is 0 Å². The summed E-state index contributed by atoms with van der Waals surface area (Å²) in [5.74, 6) is -2.17. The van der Waals surface area contributed by atoms with E-state index in [4.69, 9.17) is 11.6 Å². The van der Waals surface area contributed by atoms with Gasteiger partial charge in [0.25, 0.3) is 0 Å². The van der Waals surface area contributed by atoms with Gasteiger partial charge in [-0.3, -0.25) is 9.59 Å². The van der Waals surface area contributed by atoms with E-state index in [1.807, 2.05) is 0 Å². The van der Waals surface area contributed by atoms with E-state index in [0.29, 0.717) is 0 Å². The van der Waals surface area contributed by atoms with Crippen molar-refractivity contribution in [3.05, 3.63) is 28.8 Å². The largest absolute Gasteiger partial charge is 0.306 e. The maximum absolute atomic E-state index is 13.7. The van der Waals surface area contributed by atoms with E-state index in [1.165, 1.54) is 6.92 Å². The van der Waals surface area contributed by atoms with Gasteiger partial charge in [0.1, 0.15) is 5.69 Å². The molecule has 1 fully saturated rings. The molecule has 1 aromatic carbocycles. The molecule has 1 heterocycles. The maximum atomic E-state index is 13.7. The fraction of sp³-hybridized carbons (Fsp3) is 0.333. The van der Waals surface area contributed by atoms with Crippen molar-refractivity contribution in [3.63, 3.8) is 0 Å². The van der Waals surface area contributed by atoms with Crippen LogP contribution in [0, 0.1) is 11.6 Å². The molecule has 2 rings (SSSR count). The molecule has 1 aromatic rings. The summed E-state index contributed by atoms with van der Waals surface area (Å²) in [6, 6.07) is 1.91. The third-order valence-corrected chi connectivity index (χ3v) is 3.87. The van der Waals surface area contributed by atoms with Crippen molar-refractivity contribution >= 4 is 40.1 Å². The number of thioether (sulfide) groups is 1. The number of carbonyl (C=O) groups excluding carboxylic acids is 2. The smallest absolute Gasteiger partial charge is 0.228 e. The lowest BCUT2D eigenvalue weighted by atomic mass is 10.2. The van der Waals surface area contributed by atoms with Crippen LogP contribution in [-0.2, 0) is 9.59 Å². The Labute approximate surface area is 117 Å². The molecule has 7 heteroatoms. The van der Waals surface area contributed by atoms with E-state index in [2.05, 4.69) is 0 Å². The molecule has 0 saturated carbocycles. The zero-order valence-electron chi connectivity index (χ0n) is 9.95. The molecular formula is C12H10ClF2NO2S. The highest BCUT2D eigenvalue weighted by atomic mass is 35.5.